The predicted molar refractivity (Wildman–Crippen MR) is 97.9 cm³/mol. The van der Waals surface area contributed by atoms with E-state index >= 15 is 0 Å². The minimum absolute atomic E-state index is 0.419. The van der Waals surface area contributed by atoms with Gasteiger partial charge in [-0.3, -0.25) is 20.4 Å². The van der Waals surface area contributed by atoms with Crippen LogP contribution in [0.1, 0.15) is 50.9 Å². The van der Waals surface area contributed by atoms with E-state index < -0.39 is 23.9 Å². The number of rotatable bonds is 4. The molecule has 0 bridgehead atoms. The lowest BCUT2D eigenvalue weighted by molar-refractivity contribution is -0.129. The normalized spacial score (nSPS) is 14.0. The molecule has 0 aliphatic heterocycles. The van der Waals surface area contributed by atoms with E-state index in [1.165, 1.54) is 11.8 Å². The van der Waals surface area contributed by atoms with Gasteiger partial charge in [-0.25, -0.2) is 4.79 Å². The van der Waals surface area contributed by atoms with Crippen LogP contribution < -0.4 is 10.9 Å². The van der Waals surface area contributed by atoms with Crippen molar-refractivity contribution in [3.8, 4) is 0 Å². The van der Waals surface area contributed by atoms with Gasteiger partial charge in [0.05, 0.1) is 5.56 Å². The first-order chi connectivity index (χ1) is 12.6. The Morgan fingerprint density at radius 2 is 1.81 bits per heavy atom. The lowest BCUT2D eigenvalue weighted by Gasteiger charge is -2.15. The number of esters is 1. The largest absolute Gasteiger partial charge is 0.449 e. The van der Waals surface area contributed by atoms with Gasteiger partial charge in [-0.1, -0.05) is 18.2 Å². The molecule has 1 aromatic heterocycles. The van der Waals surface area contributed by atoms with Crippen molar-refractivity contribution in [3.63, 3.8) is 0 Å². The summed E-state index contributed by atoms with van der Waals surface area (Å²) in [5, 5.41) is 1.81. The van der Waals surface area contributed by atoms with Crippen LogP contribution >= 0.6 is 11.3 Å². The molecular formula is C19H20N2O4S. The fourth-order valence-electron chi connectivity index (χ4n) is 2.82. The Labute approximate surface area is 155 Å². The smallest absolute Gasteiger partial charge is 0.340 e. The molecule has 0 unspecified atom stereocenters. The third-order valence-corrected chi connectivity index (χ3v) is 5.36. The summed E-state index contributed by atoms with van der Waals surface area (Å²) in [6, 6.07) is 8.50. The molecule has 1 atom stereocenters. The zero-order valence-corrected chi connectivity index (χ0v) is 15.2. The van der Waals surface area contributed by atoms with Gasteiger partial charge < -0.3 is 4.74 Å². The number of amides is 2. The standard InChI is InChI=1S/C19H20N2O4S/c1-12(17(22)20-21-18(23)13-7-3-2-4-8-13)25-19(24)15-11-26-16-10-6-5-9-14(15)16/h2-4,7-8,11-12H,5-6,9-10H2,1H3,(H,20,22)(H,21,23)/t12-/m1/s1. The Morgan fingerprint density at radius 3 is 2.58 bits per heavy atom. The molecule has 2 N–H and O–H groups in total. The topological polar surface area (TPSA) is 84.5 Å². The second-order valence-electron chi connectivity index (χ2n) is 6.12. The van der Waals surface area contributed by atoms with Gasteiger partial charge in [-0.15, -0.1) is 11.3 Å². The third kappa shape index (κ3) is 4.11. The Hall–Kier alpha value is -2.67. The Balaban J connectivity index is 1.53. The number of carbonyl (C=O) groups excluding carboxylic acids is 3. The molecule has 1 aliphatic rings. The fourth-order valence-corrected chi connectivity index (χ4v) is 3.94. The first-order valence-electron chi connectivity index (χ1n) is 8.51. The number of hydrogen-bond donors (Lipinski definition) is 2. The average molecular weight is 372 g/mol. The van der Waals surface area contributed by atoms with Gasteiger partial charge in [0.2, 0.25) is 0 Å². The van der Waals surface area contributed by atoms with Crippen LogP contribution in [0.3, 0.4) is 0 Å². The van der Waals surface area contributed by atoms with Crippen LogP contribution in [0.4, 0.5) is 0 Å². The van der Waals surface area contributed by atoms with E-state index in [2.05, 4.69) is 10.9 Å². The van der Waals surface area contributed by atoms with Gasteiger partial charge in [0.15, 0.2) is 6.10 Å². The molecule has 136 valence electrons. The maximum Gasteiger partial charge on any atom is 0.340 e. The third-order valence-electron chi connectivity index (χ3n) is 4.27. The van der Waals surface area contributed by atoms with Gasteiger partial charge >= 0.3 is 5.97 Å². The van der Waals surface area contributed by atoms with Crippen molar-refractivity contribution in [2.24, 2.45) is 0 Å². The lowest BCUT2D eigenvalue weighted by atomic mass is 9.96. The highest BCUT2D eigenvalue weighted by atomic mass is 32.1. The molecule has 2 amide bonds. The van der Waals surface area contributed by atoms with Crippen molar-refractivity contribution >= 4 is 29.1 Å². The van der Waals surface area contributed by atoms with E-state index in [0.717, 1.165) is 31.2 Å². The summed E-state index contributed by atoms with van der Waals surface area (Å²) in [4.78, 5) is 37.6. The maximum absolute atomic E-state index is 12.4. The van der Waals surface area contributed by atoms with Gasteiger partial charge in [-0.2, -0.15) is 0 Å². The summed E-state index contributed by atoms with van der Waals surface area (Å²) < 4.78 is 5.27. The van der Waals surface area contributed by atoms with Crippen molar-refractivity contribution in [1.82, 2.24) is 10.9 Å². The minimum atomic E-state index is -1.02. The summed E-state index contributed by atoms with van der Waals surface area (Å²) in [7, 11) is 0. The molecular weight excluding hydrogens is 352 g/mol. The average Bonchev–Trinajstić information content (AvgIpc) is 3.10. The van der Waals surface area contributed by atoms with Crippen molar-refractivity contribution < 1.29 is 19.1 Å². The number of carbonyl (C=O) groups is 3. The summed E-state index contributed by atoms with van der Waals surface area (Å²) in [6.45, 7) is 1.47. The first-order valence-corrected chi connectivity index (χ1v) is 9.39. The van der Waals surface area contributed by atoms with Crippen molar-refractivity contribution in [1.29, 1.82) is 0 Å². The quantitative estimate of drug-likeness (QED) is 0.638. The molecule has 1 heterocycles. The summed E-state index contributed by atoms with van der Waals surface area (Å²) >= 11 is 1.57. The van der Waals surface area contributed by atoms with Crippen LogP contribution in [-0.4, -0.2) is 23.9 Å². The van der Waals surface area contributed by atoms with Crippen molar-refractivity contribution in [2.75, 3.05) is 0 Å². The van der Waals surface area contributed by atoms with Gasteiger partial charge in [0.25, 0.3) is 11.8 Å². The van der Waals surface area contributed by atoms with E-state index in [9.17, 15) is 14.4 Å². The second-order valence-corrected chi connectivity index (χ2v) is 7.08. The first kappa shape index (κ1) is 18.1. The van der Waals surface area contributed by atoms with Crippen molar-refractivity contribution in [2.45, 2.75) is 38.7 Å². The zero-order chi connectivity index (χ0) is 18.5. The monoisotopic (exact) mass is 372 g/mol. The molecule has 26 heavy (non-hydrogen) atoms. The molecule has 7 heteroatoms. The number of hydrogen-bond acceptors (Lipinski definition) is 5. The predicted octanol–water partition coefficient (Wildman–Crippen LogP) is 2.63. The molecule has 0 saturated carbocycles. The summed E-state index contributed by atoms with van der Waals surface area (Å²) in [5.74, 6) is -1.53. The Bertz CT molecular complexity index is 816. The van der Waals surface area contributed by atoms with Crippen LogP contribution in [-0.2, 0) is 22.4 Å². The number of aryl methyl sites for hydroxylation is 1. The van der Waals surface area contributed by atoms with E-state index in [4.69, 9.17) is 4.74 Å². The highest BCUT2D eigenvalue weighted by Gasteiger charge is 2.24. The number of ether oxygens (including phenoxy) is 1. The summed E-state index contributed by atoms with van der Waals surface area (Å²) in [5.41, 5.74) is 6.61. The number of hydrazine groups is 1. The van der Waals surface area contributed by atoms with E-state index in [-0.39, 0.29) is 0 Å². The molecule has 0 spiro atoms. The minimum Gasteiger partial charge on any atom is -0.449 e. The number of nitrogens with one attached hydrogen (secondary N) is 2. The molecule has 0 saturated heterocycles. The fraction of sp³-hybridized carbons (Fsp3) is 0.316. The zero-order valence-electron chi connectivity index (χ0n) is 14.4. The van der Waals surface area contributed by atoms with Crippen LogP contribution in [0.5, 0.6) is 0 Å². The molecule has 1 aromatic carbocycles. The highest BCUT2D eigenvalue weighted by Crippen LogP contribution is 2.30. The molecule has 6 nitrogen and oxygen atoms in total. The summed E-state index contributed by atoms with van der Waals surface area (Å²) in [6.07, 6.45) is 3.05. The maximum atomic E-state index is 12.4. The molecule has 0 fully saturated rings. The SMILES string of the molecule is C[C@@H](OC(=O)c1csc2c1CCCC2)C(=O)NNC(=O)c1ccccc1. The van der Waals surface area contributed by atoms with E-state index in [0.29, 0.717) is 11.1 Å². The Kier molecular flexibility index (Phi) is 5.68. The van der Waals surface area contributed by atoms with Crippen LogP contribution in [0.15, 0.2) is 35.7 Å². The van der Waals surface area contributed by atoms with Crippen LogP contribution in [0.2, 0.25) is 0 Å². The number of thiophene rings is 1. The van der Waals surface area contributed by atoms with Gasteiger partial charge in [0, 0.05) is 15.8 Å². The van der Waals surface area contributed by atoms with Gasteiger partial charge in [0.1, 0.15) is 0 Å². The van der Waals surface area contributed by atoms with E-state index in [1.54, 1.807) is 47.0 Å². The van der Waals surface area contributed by atoms with Crippen LogP contribution in [0.25, 0.3) is 0 Å². The van der Waals surface area contributed by atoms with Crippen LogP contribution in [0, 0.1) is 0 Å². The molecule has 3 rings (SSSR count). The van der Waals surface area contributed by atoms with E-state index in [1.807, 2.05) is 0 Å². The molecule has 2 aromatic rings. The lowest BCUT2D eigenvalue weighted by Crippen LogP contribution is -2.46. The second kappa shape index (κ2) is 8.14. The Morgan fingerprint density at radius 1 is 1.08 bits per heavy atom. The highest BCUT2D eigenvalue weighted by molar-refractivity contribution is 7.10. The molecule has 0 radical (unpaired) electrons. The van der Waals surface area contributed by atoms with Gasteiger partial charge in [-0.05, 0) is 50.3 Å². The van der Waals surface area contributed by atoms with Crippen molar-refractivity contribution in [3.05, 3.63) is 57.3 Å². The number of benzene rings is 1. The number of fused-ring (bicyclic) bond motifs is 1. The molecule has 1 aliphatic carbocycles.